The molecule has 1 rings (SSSR count). The summed E-state index contributed by atoms with van der Waals surface area (Å²) < 4.78 is 24.0. The summed E-state index contributed by atoms with van der Waals surface area (Å²) in [7, 11) is 3.85. The molecule has 0 aromatic rings. The van der Waals surface area contributed by atoms with Gasteiger partial charge in [0.05, 0.1) is 12.7 Å². The molecule has 0 spiro atoms. The number of carbonyl (C=O) groups excluding carboxylic acids is 3. The summed E-state index contributed by atoms with van der Waals surface area (Å²) in [5.41, 5.74) is 0. The molecule has 0 saturated carbocycles. The lowest BCUT2D eigenvalue weighted by atomic mass is 10.0. The van der Waals surface area contributed by atoms with Crippen molar-refractivity contribution in [3.05, 3.63) is 0 Å². The van der Waals surface area contributed by atoms with Crippen LogP contribution in [0, 0.1) is 0 Å². The summed E-state index contributed by atoms with van der Waals surface area (Å²) in [5.74, 6) is -0.280. The topological polar surface area (TPSA) is 107 Å². The zero-order valence-corrected chi connectivity index (χ0v) is 44.8. The van der Waals surface area contributed by atoms with E-state index in [0.29, 0.717) is 44.1 Å². The number of esters is 3. The number of unbranched alkanes of at least 4 members (excludes halogenated alkanes) is 23. The highest BCUT2D eigenvalue weighted by atomic mass is 32.1. The first kappa shape index (κ1) is 62.0. The van der Waals surface area contributed by atoms with Gasteiger partial charge < -0.3 is 29.2 Å². The summed E-state index contributed by atoms with van der Waals surface area (Å²) in [6.07, 6.45) is 38.9. The first-order valence-corrected chi connectivity index (χ1v) is 28.4. The van der Waals surface area contributed by atoms with E-state index >= 15 is 0 Å². The van der Waals surface area contributed by atoms with Crippen molar-refractivity contribution in [2.75, 3.05) is 46.9 Å². The van der Waals surface area contributed by atoms with Crippen molar-refractivity contribution in [2.24, 2.45) is 0 Å². The fraction of sp³-hybridized carbons (Fsp3) is 0.927. The van der Waals surface area contributed by atoms with Crippen LogP contribution in [0.4, 0.5) is 0 Å². The minimum atomic E-state index is -0.321. The first-order chi connectivity index (χ1) is 32.1. The number of thiocarbonyl (C=S) groups is 1. The third-order valence-corrected chi connectivity index (χ3v) is 13.8. The van der Waals surface area contributed by atoms with Crippen molar-refractivity contribution < 1.29 is 33.3 Å². The Morgan fingerprint density at radius 1 is 0.576 bits per heavy atom. The molecule has 2 unspecified atom stereocenters. The van der Waals surface area contributed by atoms with Crippen LogP contribution < -0.4 is 5.32 Å². The van der Waals surface area contributed by atoms with Crippen LogP contribution >= 0.6 is 12.2 Å². The van der Waals surface area contributed by atoms with Crippen LogP contribution in [0.5, 0.6) is 0 Å². The minimum Gasteiger partial charge on any atom is -0.465 e. The molecular weight excluding hydrogens is 847 g/mol. The normalized spacial score (nSPS) is 15.6. The molecule has 10 nitrogen and oxygen atoms in total. The molecule has 0 aromatic carbocycles. The van der Waals surface area contributed by atoms with Gasteiger partial charge in [-0.05, 0) is 95.8 Å². The van der Waals surface area contributed by atoms with Crippen LogP contribution in [-0.2, 0) is 33.3 Å². The van der Waals surface area contributed by atoms with Gasteiger partial charge in [-0.3, -0.25) is 19.3 Å². The number of rotatable bonds is 46. The van der Waals surface area contributed by atoms with E-state index in [2.05, 4.69) is 37.9 Å². The predicted octanol–water partition coefficient (Wildman–Crippen LogP) is 14.0. The summed E-state index contributed by atoms with van der Waals surface area (Å²) in [5, 5.41) is 3.96. The fourth-order valence-electron chi connectivity index (χ4n) is 8.99. The Kier molecular flexibility index (Phi) is 41.6. The van der Waals surface area contributed by atoms with E-state index in [-0.39, 0.29) is 42.3 Å². The van der Waals surface area contributed by atoms with Gasteiger partial charge in [0.15, 0.2) is 5.11 Å². The smallest absolute Gasteiger partial charge is 0.323 e. The molecule has 0 radical (unpaired) electrons. The van der Waals surface area contributed by atoms with Crippen molar-refractivity contribution in [1.82, 2.24) is 15.1 Å². The van der Waals surface area contributed by atoms with Gasteiger partial charge in [0.2, 0.25) is 0 Å². The highest BCUT2D eigenvalue weighted by Crippen LogP contribution is 2.24. The number of carbonyl (C=O) groups is 3. The second-order valence-electron chi connectivity index (χ2n) is 19.7. The molecule has 1 fully saturated rings. The summed E-state index contributed by atoms with van der Waals surface area (Å²) in [4.78, 5) is 43.1. The molecule has 1 aliphatic heterocycles. The highest BCUT2D eigenvalue weighted by molar-refractivity contribution is 7.80. The lowest BCUT2D eigenvalue weighted by Gasteiger charge is -2.22. The summed E-state index contributed by atoms with van der Waals surface area (Å²) in [6, 6.07) is -0.321. The van der Waals surface area contributed by atoms with Gasteiger partial charge in [0, 0.05) is 53.1 Å². The second kappa shape index (κ2) is 44.2. The van der Waals surface area contributed by atoms with Crippen LogP contribution in [0.3, 0.4) is 0 Å². The standard InChI is InChI=1S/C55H105N3O7S/c1-7-11-14-17-20-21-25-29-37-48(10-4)64-52(59)41-33-28-34-43-58-47-50(62-45-36-42-56-55(66)57(5)6)46-51(58)54(61)63-44-35-27-22-26-32-40-53(60)65-49(38-30-23-18-15-12-8-2)39-31-24-19-16-13-9-3/h48-51H,7-47H2,1-6H3,(H,56,66)/t48?,50?,51-/m0/s1. The van der Waals surface area contributed by atoms with Crippen LogP contribution in [-0.4, -0.2) is 104 Å². The maximum absolute atomic E-state index is 13.5. The Morgan fingerprint density at radius 2 is 1.03 bits per heavy atom. The zero-order valence-electron chi connectivity index (χ0n) is 44.0. The first-order valence-electron chi connectivity index (χ1n) is 28.0. The Balaban J connectivity index is 2.46. The number of hydrogen-bond acceptors (Lipinski definition) is 9. The van der Waals surface area contributed by atoms with Gasteiger partial charge in [0.25, 0.3) is 0 Å². The molecule has 0 aromatic heterocycles. The number of hydrogen-bond donors (Lipinski definition) is 1. The Hall–Kier alpha value is -1.98. The molecule has 0 aliphatic carbocycles. The molecule has 388 valence electrons. The summed E-state index contributed by atoms with van der Waals surface area (Å²) >= 11 is 5.34. The van der Waals surface area contributed by atoms with E-state index in [4.69, 9.17) is 31.2 Å². The van der Waals surface area contributed by atoms with E-state index in [0.717, 1.165) is 116 Å². The third kappa shape index (κ3) is 35.2. The Bertz CT molecular complexity index is 1160. The Morgan fingerprint density at radius 3 is 1.55 bits per heavy atom. The van der Waals surface area contributed by atoms with Crippen LogP contribution in [0.25, 0.3) is 0 Å². The molecule has 0 bridgehead atoms. The molecule has 11 heteroatoms. The van der Waals surface area contributed by atoms with E-state index in [1.807, 2.05) is 19.0 Å². The van der Waals surface area contributed by atoms with Gasteiger partial charge in [-0.15, -0.1) is 0 Å². The monoisotopic (exact) mass is 952 g/mol. The average molecular weight is 953 g/mol. The lowest BCUT2D eigenvalue weighted by molar-refractivity contribution is -0.151. The molecule has 1 heterocycles. The number of ether oxygens (including phenoxy) is 4. The Labute approximate surface area is 412 Å². The van der Waals surface area contributed by atoms with E-state index in [9.17, 15) is 14.4 Å². The van der Waals surface area contributed by atoms with Gasteiger partial charge in [-0.25, -0.2) is 0 Å². The third-order valence-electron chi connectivity index (χ3n) is 13.3. The molecular formula is C55H105N3O7S. The largest absolute Gasteiger partial charge is 0.465 e. The quantitative estimate of drug-likeness (QED) is 0.0273. The van der Waals surface area contributed by atoms with E-state index in [1.165, 1.54) is 109 Å². The van der Waals surface area contributed by atoms with Crippen molar-refractivity contribution in [1.29, 1.82) is 0 Å². The number of likely N-dealkylation sites (tertiary alicyclic amines) is 1. The van der Waals surface area contributed by atoms with Gasteiger partial charge >= 0.3 is 17.9 Å². The average Bonchev–Trinajstić information content (AvgIpc) is 3.72. The maximum atomic E-state index is 13.5. The molecule has 1 aliphatic rings. The zero-order chi connectivity index (χ0) is 48.3. The maximum Gasteiger partial charge on any atom is 0.323 e. The summed E-state index contributed by atoms with van der Waals surface area (Å²) in [6.45, 7) is 12.1. The van der Waals surface area contributed by atoms with Crippen LogP contribution in [0.2, 0.25) is 0 Å². The molecule has 0 amide bonds. The van der Waals surface area contributed by atoms with E-state index < -0.39 is 0 Å². The minimum absolute atomic E-state index is 0.0268. The van der Waals surface area contributed by atoms with E-state index in [1.54, 1.807) is 0 Å². The molecule has 66 heavy (non-hydrogen) atoms. The van der Waals surface area contributed by atoms with Gasteiger partial charge in [0.1, 0.15) is 18.2 Å². The van der Waals surface area contributed by atoms with Crippen molar-refractivity contribution >= 4 is 35.2 Å². The van der Waals surface area contributed by atoms with Gasteiger partial charge in [-0.2, -0.15) is 0 Å². The van der Waals surface area contributed by atoms with Crippen LogP contribution in [0.15, 0.2) is 0 Å². The predicted molar refractivity (Wildman–Crippen MR) is 279 cm³/mol. The van der Waals surface area contributed by atoms with Crippen molar-refractivity contribution in [3.63, 3.8) is 0 Å². The highest BCUT2D eigenvalue weighted by Gasteiger charge is 2.38. The van der Waals surface area contributed by atoms with Crippen LogP contribution in [0.1, 0.15) is 259 Å². The fourth-order valence-corrected chi connectivity index (χ4v) is 9.09. The molecule has 1 N–H and O–H groups in total. The second-order valence-corrected chi connectivity index (χ2v) is 20.1. The van der Waals surface area contributed by atoms with Gasteiger partial charge in [-0.1, -0.05) is 163 Å². The molecule has 3 atom stereocenters. The van der Waals surface area contributed by atoms with Crippen molar-refractivity contribution in [2.45, 2.75) is 283 Å². The molecule has 1 saturated heterocycles. The van der Waals surface area contributed by atoms with Crippen molar-refractivity contribution in [3.8, 4) is 0 Å². The SMILES string of the molecule is CCCCCCCCCCC(CC)OC(=O)CCCCCN1CC(OCCCNC(=S)N(C)C)C[C@H]1C(=O)OCCCCCCCC(=O)OC(CCCCCCCC)CCCCCCCC. The lowest BCUT2D eigenvalue weighted by Crippen LogP contribution is -2.38. The number of nitrogens with zero attached hydrogens (tertiary/aromatic N) is 2. The number of nitrogens with one attached hydrogen (secondary N) is 1.